The first-order valence-corrected chi connectivity index (χ1v) is 6.58. The van der Waals surface area contributed by atoms with Crippen molar-refractivity contribution in [1.82, 2.24) is 0 Å². The van der Waals surface area contributed by atoms with E-state index < -0.39 is 6.10 Å². The zero-order valence-electron chi connectivity index (χ0n) is 5.86. The Balaban J connectivity index is 2.89. The molecule has 3 nitrogen and oxygen atoms in total. The molecule has 0 aliphatic rings. The number of hydrogen-bond donors (Lipinski definition) is 3. The van der Waals surface area contributed by atoms with Crippen LogP contribution in [-0.4, -0.2) is 55.6 Å². The van der Waals surface area contributed by atoms with Gasteiger partial charge < -0.3 is 0 Å². The third-order valence-corrected chi connectivity index (χ3v) is 4.39. The fourth-order valence-electron chi connectivity index (χ4n) is 0.439. The number of hydrogen-bond acceptors (Lipinski definition) is 3. The number of rotatable bonds is 6. The van der Waals surface area contributed by atoms with Gasteiger partial charge in [-0.2, -0.15) is 0 Å². The summed E-state index contributed by atoms with van der Waals surface area (Å²) in [6, 6.07) is 0. The average Bonchev–Trinajstić information content (AvgIpc) is 1.98. The standard InChI is InChI=1S/C6H14O3Te/c7-2-1-3-10-5-6(9)4-8/h6-9H,1-5H2. The van der Waals surface area contributed by atoms with E-state index in [9.17, 15) is 0 Å². The van der Waals surface area contributed by atoms with Crippen LogP contribution in [0.2, 0.25) is 8.94 Å². The second-order valence-electron chi connectivity index (χ2n) is 1.99. The fourth-order valence-corrected chi connectivity index (χ4v) is 2.94. The minimum atomic E-state index is -0.513. The Bertz CT molecular complexity index is 70.0. The molecule has 1 unspecified atom stereocenters. The monoisotopic (exact) mass is 264 g/mol. The van der Waals surface area contributed by atoms with Crippen molar-refractivity contribution < 1.29 is 15.3 Å². The van der Waals surface area contributed by atoms with Crippen molar-refractivity contribution in [2.75, 3.05) is 13.2 Å². The molecule has 0 aliphatic heterocycles. The van der Waals surface area contributed by atoms with Gasteiger partial charge in [-0.25, -0.2) is 0 Å². The van der Waals surface area contributed by atoms with Crippen LogP contribution in [0.25, 0.3) is 0 Å². The van der Waals surface area contributed by atoms with Crippen molar-refractivity contribution in [2.45, 2.75) is 21.5 Å². The van der Waals surface area contributed by atoms with Crippen molar-refractivity contribution >= 4 is 20.9 Å². The summed E-state index contributed by atoms with van der Waals surface area (Å²) in [7, 11) is 0. The Labute approximate surface area is 71.1 Å². The van der Waals surface area contributed by atoms with Crippen LogP contribution in [0.3, 0.4) is 0 Å². The number of aliphatic hydroxyl groups is 3. The third-order valence-electron chi connectivity index (χ3n) is 0.968. The molecule has 62 valence electrons. The van der Waals surface area contributed by atoms with E-state index in [1.807, 2.05) is 0 Å². The van der Waals surface area contributed by atoms with Crippen LogP contribution < -0.4 is 0 Å². The maximum absolute atomic E-state index is 8.88. The predicted molar refractivity (Wildman–Crippen MR) is 40.2 cm³/mol. The summed E-state index contributed by atoms with van der Waals surface area (Å²) in [6.45, 7) is 0.129. The van der Waals surface area contributed by atoms with E-state index in [-0.39, 0.29) is 34.1 Å². The summed E-state index contributed by atoms with van der Waals surface area (Å²) < 4.78 is 1.82. The molecule has 3 N–H and O–H groups in total. The van der Waals surface area contributed by atoms with E-state index in [1.165, 1.54) is 0 Å². The van der Waals surface area contributed by atoms with Gasteiger partial charge in [-0.05, 0) is 0 Å². The third kappa shape index (κ3) is 6.78. The molecule has 0 bridgehead atoms. The van der Waals surface area contributed by atoms with E-state index >= 15 is 0 Å². The predicted octanol–water partition coefficient (Wildman–Crippen LogP) is -0.737. The molecule has 0 aromatic rings. The number of aliphatic hydroxyl groups excluding tert-OH is 3. The van der Waals surface area contributed by atoms with Crippen molar-refractivity contribution in [1.29, 1.82) is 0 Å². The Morgan fingerprint density at radius 1 is 1.30 bits per heavy atom. The van der Waals surface area contributed by atoms with E-state index in [4.69, 9.17) is 15.3 Å². The van der Waals surface area contributed by atoms with Gasteiger partial charge in [0.25, 0.3) is 0 Å². The first-order valence-electron chi connectivity index (χ1n) is 3.28. The van der Waals surface area contributed by atoms with Gasteiger partial charge in [-0.15, -0.1) is 0 Å². The second-order valence-corrected chi connectivity index (χ2v) is 5.27. The molecule has 0 aromatic heterocycles. The molecule has 0 amide bonds. The molecule has 4 heteroatoms. The van der Waals surface area contributed by atoms with Crippen molar-refractivity contribution in [2.24, 2.45) is 0 Å². The first-order chi connectivity index (χ1) is 4.81. The minimum absolute atomic E-state index is 0.121. The van der Waals surface area contributed by atoms with Crippen molar-refractivity contribution in [3.05, 3.63) is 0 Å². The summed E-state index contributed by atoms with van der Waals surface area (Å²) in [5.41, 5.74) is 0. The molecule has 0 fully saturated rings. The van der Waals surface area contributed by atoms with Crippen molar-refractivity contribution in [3.8, 4) is 0 Å². The normalized spacial score (nSPS) is 13.5. The van der Waals surface area contributed by atoms with Gasteiger partial charge in [-0.1, -0.05) is 0 Å². The van der Waals surface area contributed by atoms with Gasteiger partial charge in [0.2, 0.25) is 0 Å². The van der Waals surface area contributed by atoms with Crippen LogP contribution >= 0.6 is 0 Å². The zero-order chi connectivity index (χ0) is 7.82. The summed E-state index contributed by atoms with van der Waals surface area (Å²) in [4.78, 5) is 0. The summed E-state index contributed by atoms with van der Waals surface area (Å²) >= 11 is -0.157. The fraction of sp³-hybridized carbons (Fsp3) is 1.00. The maximum atomic E-state index is 8.88. The zero-order valence-corrected chi connectivity index (χ0v) is 8.19. The Morgan fingerprint density at radius 2 is 2.00 bits per heavy atom. The van der Waals surface area contributed by atoms with Gasteiger partial charge in [0, 0.05) is 0 Å². The summed E-state index contributed by atoms with van der Waals surface area (Å²) in [6.07, 6.45) is 0.335. The Hall–Kier alpha value is 0.670. The first kappa shape index (κ1) is 10.7. The second kappa shape index (κ2) is 7.77. The summed E-state index contributed by atoms with van der Waals surface area (Å²) in [5.74, 6) is 0. The van der Waals surface area contributed by atoms with Crippen molar-refractivity contribution in [3.63, 3.8) is 0 Å². The van der Waals surface area contributed by atoms with Gasteiger partial charge in [-0.3, -0.25) is 0 Å². The Kier molecular flexibility index (Phi) is 8.29. The molecular formula is C6H14O3Te. The van der Waals surface area contributed by atoms with Crippen LogP contribution in [0.5, 0.6) is 0 Å². The van der Waals surface area contributed by atoms with Gasteiger partial charge in [0.15, 0.2) is 0 Å². The molecule has 0 radical (unpaired) electrons. The van der Waals surface area contributed by atoms with E-state index in [1.54, 1.807) is 0 Å². The quantitative estimate of drug-likeness (QED) is 0.436. The average molecular weight is 262 g/mol. The SMILES string of the molecule is OCCC[Te]CC(O)CO. The molecule has 0 spiro atoms. The van der Waals surface area contributed by atoms with Gasteiger partial charge >= 0.3 is 70.9 Å². The molecule has 0 heterocycles. The van der Waals surface area contributed by atoms with Crippen LogP contribution in [0, 0.1) is 0 Å². The topological polar surface area (TPSA) is 60.7 Å². The summed E-state index contributed by atoms with van der Waals surface area (Å²) in [5, 5.41) is 25.7. The molecule has 10 heavy (non-hydrogen) atoms. The van der Waals surface area contributed by atoms with Crippen LogP contribution in [0.1, 0.15) is 6.42 Å². The molecule has 0 saturated carbocycles. The molecule has 0 aromatic carbocycles. The molecular weight excluding hydrogens is 248 g/mol. The van der Waals surface area contributed by atoms with E-state index in [2.05, 4.69) is 0 Å². The van der Waals surface area contributed by atoms with Gasteiger partial charge in [0.1, 0.15) is 0 Å². The molecule has 1 atom stereocenters. The Morgan fingerprint density at radius 3 is 2.50 bits per heavy atom. The van der Waals surface area contributed by atoms with E-state index in [0.29, 0.717) is 0 Å². The van der Waals surface area contributed by atoms with Crippen LogP contribution in [-0.2, 0) is 0 Å². The molecule has 0 aliphatic carbocycles. The molecule has 0 saturated heterocycles. The van der Waals surface area contributed by atoms with Gasteiger partial charge in [0.05, 0.1) is 0 Å². The molecule has 0 rings (SSSR count). The van der Waals surface area contributed by atoms with Crippen LogP contribution in [0.4, 0.5) is 0 Å². The van der Waals surface area contributed by atoms with E-state index in [0.717, 1.165) is 15.4 Å². The van der Waals surface area contributed by atoms with Crippen LogP contribution in [0.15, 0.2) is 0 Å².